The summed E-state index contributed by atoms with van der Waals surface area (Å²) in [5, 5.41) is 6.32. The van der Waals surface area contributed by atoms with Gasteiger partial charge in [-0.1, -0.05) is 55.6 Å². The number of hydrogen-bond donors (Lipinski definition) is 2. The van der Waals surface area contributed by atoms with Gasteiger partial charge in [-0.2, -0.15) is 0 Å². The van der Waals surface area contributed by atoms with Gasteiger partial charge in [0.2, 0.25) is 9.70 Å². The largest absolute Gasteiger partial charge is 0.465 e. The lowest BCUT2D eigenvalue weighted by molar-refractivity contribution is -0.129. The Kier molecular flexibility index (Phi) is 6.76. The van der Waals surface area contributed by atoms with Crippen molar-refractivity contribution in [1.29, 1.82) is 0 Å². The summed E-state index contributed by atoms with van der Waals surface area (Å²) in [6, 6.07) is 0. The number of anilines is 1. The average molecular weight is 442 g/mol. The third-order valence-electron chi connectivity index (χ3n) is 4.12. The standard InChI is InChI=1S/C17H23Cl3N2O3S/c1-16(2,3)15(24)22-14(17(18,19)20)21-12-11(13(23)25-4)9-7-5-6-8-10(9)26-12/h14,21H,5-8H2,1-4H3,(H,22,24)/t14-/m1/s1. The van der Waals surface area contributed by atoms with Crippen molar-refractivity contribution < 1.29 is 14.3 Å². The third-order valence-corrected chi connectivity index (χ3v) is 6.00. The van der Waals surface area contributed by atoms with Crippen LogP contribution in [0.3, 0.4) is 0 Å². The molecule has 0 unspecified atom stereocenters. The summed E-state index contributed by atoms with van der Waals surface area (Å²) in [7, 11) is 1.34. The maximum atomic E-state index is 12.4. The zero-order valence-electron chi connectivity index (χ0n) is 15.2. The Labute approximate surface area is 172 Å². The first-order valence-corrected chi connectivity index (χ1v) is 10.3. The first-order valence-electron chi connectivity index (χ1n) is 8.32. The fourth-order valence-electron chi connectivity index (χ4n) is 2.66. The second kappa shape index (κ2) is 8.13. The lowest BCUT2D eigenvalue weighted by atomic mass is 9.95. The lowest BCUT2D eigenvalue weighted by Gasteiger charge is -2.30. The Bertz CT molecular complexity index is 693. The predicted molar refractivity (Wildman–Crippen MR) is 108 cm³/mol. The van der Waals surface area contributed by atoms with Crippen molar-refractivity contribution in [2.24, 2.45) is 5.41 Å². The molecule has 0 fully saturated rings. The van der Waals surface area contributed by atoms with Gasteiger partial charge in [-0.3, -0.25) is 4.79 Å². The van der Waals surface area contributed by atoms with E-state index in [9.17, 15) is 9.59 Å². The van der Waals surface area contributed by atoms with E-state index in [0.29, 0.717) is 10.6 Å². The van der Waals surface area contributed by atoms with Gasteiger partial charge in [-0.25, -0.2) is 4.79 Å². The van der Waals surface area contributed by atoms with Gasteiger partial charge in [0.1, 0.15) is 11.2 Å². The molecule has 1 heterocycles. The molecule has 2 N–H and O–H groups in total. The zero-order valence-corrected chi connectivity index (χ0v) is 18.3. The van der Waals surface area contributed by atoms with Crippen molar-refractivity contribution in [3.05, 3.63) is 16.0 Å². The Balaban J connectivity index is 2.37. The highest BCUT2D eigenvalue weighted by Gasteiger charge is 2.38. The molecule has 1 aliphatic carbocycles. The van der Waals surface area contributed by atoms with Crippen molar-refractivity contribution in [3.63, 3.8) is 0 Å². The van der Waals surface area contributed by atoms with Crippen LogP contribution in [0.15, 0.2) is 0 Å². The molecule has 0 spiro atoms. The molecule has 146 valence electrons. The van der Waals surface area contributed by atoms with Crippen LogP contribution >= 0.6 is 46.1 Å². The summed E-state index contributed by atoms with van der Waals surface area (Å²) >= 11 is 19.7. The van der Waals surface area contributed by atoms with Gasteiger partial charge in [0.15, 0.2) is 0 Å². The van der Waals surface area contributed by atoms with Gasteiger partial charge in [-0.05, 0) is 31.2 Å². The van der Waals surface area contributed by atoms with E-state index in [1.54, 1.807) is 20.8 Å². The molecule has 1 aliphatic rings. The molecule has 0 radical (unpaired) electrons. The number of hydrogen-bond acceptors (Lipinski definition) is 5. The highest BCUT2D eigenvalue weighted by atomic mass is 35.6. The molecule has 1 atom stereocenters. The smallest absolute Gasteiger partial charge is 0.341 e. The minimum atomic E-state index is -1.81. The number of halogens is 3. The minimum Gasteiger partial charge on any atom is -0.465 e. The maximum Gasteiger partial charge on any atom is 0.341 e. The number of esters is 1. The van der Waals surface area contributed by atoms with Crippen LogP contribution < -0.4 is 10.6 Å². The molecular weight excluding hydrogens is 419 g/mol. The number of thiophene rings is 1. The van der Waals surface area contributed by atoms with E-state index in [1.807, 2.05) is 0 Å². The zero-order chi connectivity index (χ0) is 19.7. The fourth-order valence-corrected chi connectivity index (χ4v) is 4.30. The number of methoxy groups -OCH3 is 1. The van der Waals surface area contributed by atoms with Gasteiger partial charge in [0.05, 0.1) is 12.7 Å². The van der Waals surface area contributed by atoms with E-state index in [-0.39, 0.29) is 5.91 Å². The Hall–Kier alpha value is -0.690. The number of amides is 1. The van der Waals surface area contributed by atoms with E-state index in [2.05, 4.69) is 10.6 Å². The van der Waals surface area contributed by atoms with Gasteiger partial charge < -0.3 is 15.4 Å². The van der Waals surface area contributed by atoms with Gasteiger partial charge in [0.25, 0.3) is 0 Å². The summed E-state index contributed by atoms with van der Waals surface area (Å²) in [5.41, 5.74) is 0.799. The van der Waals surface area contributed by atoms with E-state index < -0.39 is 21.3 Å². The highest BCUT2D eigenvalue weighted by molar-refractivity contribution is 7.16. The van der Waals surface area contributed by atoms with Crippen LogP contribution in [0.4, 0.5) is 5.00 Å². The number of carbonyl (C=O) groups is 2. The molecule has 9 heteroatoms. The first kappa shape index (κ1) is 21.6. The minimum absolute atomic E-state index is 0.276. The number of fused-ring (bicyclic) bond motifs is 1. The molecule has 0 aliphatic heterocycles. The third kappa shape index (κ3) is 4.97. The predicted octanol–water partition coefficient (Wildman–Crippen LogP) is 4.68. The molecule has 2 rings (SSSR count). The first-order chi connectivity index (χ1) is 11.9. The van der Waals surface area contributed by atoms with Crippen LogP contribution in [0.25, 0.3) is 0 Å². The maximum absolute atomic E-state index is 12.4. The van der Waals surface area contributed by atoms with E-state index in [0.717, 1.165) is 36.1 Å². The SMILES string of the molecule is COC(=O)c1c(N[C@H](NC(=O)C(C)(C)C)C(Cl)(Cl)Cl)sc2c1CCCC2. The lowest BCUT2D eigenvalue weighted by Crippen LogP contribution is -2.52. The summed E-state index contributed by atoms with van der Waals surface area (Å²) in [6.07, 6.45) is 2.80. The van der Waals surface area contributed by atoms with Crippen molar-refractivity contribution in [2.45, 2.75) is 56.4 Å². The normalized spacial score (nSPS) is 15.8. The monoisotopic (exact) mass is 440 g/mol. The van der Waals surface area contributed by atoms with E-state index in [4.69, 9.17) is 39.5 Å². The molecule has 1 aromatic rings. The van der Waals surface area contributed by atoms with Crippen LogP contribution in [0, 0.1) is 5.41 Å². The van der Waals surface area contributed by atoms with Crippen molar-refractivity contribution >= 4 is 63.0 Å². The van der Waals surface area contributed by atoms with Crippen molar-refractivity contribution in [2.75, 3.05) is 12.4 Å². The number of rotatable bonds is 4. The number of aryl methyl sites for hydroxylation is 1. The Morgan fingerprint density at radius 3 is 2.31 bits per heavy atom. The van der Waals surface area contributed by atoms with Crippen molar-refractivity contribution in [3.8, 4) is 0 Å². The molecule has 1 aromatic heterocycles. The number of nitrogens with one attached hydrogen (secondary N) is 2. The molecule has 0 bridgehead atoms. The van der Waals surface area contributed by atoms with E-state index in [1.165, 1.54) is 18.4 Å². The van der Waals surface area contributed by atoms with Crippen LogP contribution in [0.1, 0.15) is 54.4 Å². The summed E-state index contributed by atoms with van der Waals surface area (Å²) in [4.78, 5) is 25.8. The van der Waals surface area contributed by atoms with Crippen LogP contribution in [-0.4, -0.2) is 28.9 Å². The van der Waals surface area contributed by atoms with Crippen LogP contribution in [0.5, 0.6) is 0 Å². The number of alkyl halides is 3. The molecule has 1 amide bonds. The topological polar surface area (TPSA) is 67.4 Å². The van der Waals surface area contributed by atoms with Crippen molar-refractivity contribution in [1.82, 2.24) is 5.32 Å². The molecule has 5 nitrogen and oxygen atoms in total. The second-order valence-electron chi connectivity index (χ2n) is 7.25. The molecule has 26 heavy (non-hydrogen) atoms. The fraction of sp³-hybridized carbons (Fsp3) is 0.647. The molecule has 0 saturated heterocycles. The highest BCUT2D eigenvalue weighted by Crippen LogP contribution is 2.41. The van der Waals surface area contributed by atoms with Gasteiger partial charge in [-0.15, -0.1) is 11.3 Å². The Morgan fingerprint density at radius 2 is 1.77 bits per heavy atom. The summed E-state index contributed by atoms with van der Waals surface area (Å²) < 4.78 is 3.14. The second-order valence-corrected chi connectivity index (χ2v) is 10.7. The molecular formula is C17H23Cl3N2O3S. The van der Waals surface area contributed by atoms with E-state index >= 15 is 0 Å². The number of ether oxygens (including phenoxy) is 1. The van der Waals surface area contributed by atoms with Gasteiger partial charge in [0, 0.05) is 10.3 Å². The van der Waals surface area contributed by atoms with Crippen LogP contribution in [-0.2, 0) is 22.4 Å². The number of carbonyl (C=O) groups excluding carboxylic acids is 2. The van der Waals surface area contributed by atoms with Crippen LogP contribution in [0.2, 0.25) is 0 Å². The van der Waals surface area contributed by atoms with Gasteiger partial charge >= 0.3 is 5.97 Å². The molecule has 0 saturated carbocycles. The summed E-state index contributed by atoms with van der Waals surface area (Å²) in [6.45, 7) is 5.30. The molecule has 0 aromatic carbocycles. The Morgan fingerprint density at radius 1 is 1.15 bits per heavy atom. The average Bonchev–Trinajstić information content (AvgIpc) is 2.89. The quantitative estimate of drug-likeness (QED) is 0.404. The summed E-state index contributed by atoms with van der Waals surface area (Å²) in [5.74, 6) is -0.709.